The van der Waals surface area contributed by atoms with Crippen molar-refractivity contribution < 1.29 is 19.0 Å². The molecule has 0 bridgehead atoms. The lowest BCUT2D eigenvalue weighted by atomic mass is 9.93. The number of carbonyl (C=O) groups is 1. The molecular weight excluding hydrogens is 444 g/mol. The molecule has 1 amide bonds. The molecule has 1 N–H and O–H groups in total. The summed E-state index contributed by atoms with van der Waals surface area (Å²) in [6.45, 7) is 1.83. The summed E-state index contributed by atoms with van der Waals surface area (Å²) in [6, 6.07) is 13.5. The van der Waals surface area contributed by atoms with Gasteiger partial charge in [0.05, 0.1) is 24.8 Å². The Morgan fingerprint density at radius 2 is 2.00 bits per heavy atom. The Hall–Kier alpha value is -3.91. The standard InChI is InChI=1S/C27H26N4O4/c32-27(18-5-7-26(29-15-18)35-21-8-12-33-13-9-21)30-20-14-23-22(2-1-3-24(23)34-17-20)19-4-6-25-28-10-11-31(25)16-19/h1-7,10-11,15-16,20-21H,8-9,12-14,17H2,(H,30,32)/t20-/m0/s1. The van der Waals surface area contributed by atoms with E-state index >= 15 is 0 Å². The summed E-state index contributed by atoms with van der Waals surface area (Å²) in [4.78, 5) is 21.6. The number of imidazole rings is 1. The molecule has 1 saturated heterocycles. The van der Waals surface area contributed by atoms with Crippen molar-refractivity contribution in [3.63, 3.8) is 0 Å². The highest BCUT2D eigenvalue weighted by molar-refractivity contribution is 5.94. The molecule has 0 unspecified atom stereocenters. The van der Waals surface area contributed by atoms with Crippen LogP contribution in [0.5, 0.6) is 11.6 Å². The van der Waals surface area contributed by atoms with Gasteiger partial charge in [-0.3, -0.25) is 4.79 Å². The first-order chi connectivity index (χ1) is 17.2. The van der Waals surface area contributed by atoms with E-state index in [1.807, 2.05) is 28.8 Å². The number of hydrogen-bond acceptors (Lipinski definition) is 6. The molecule has 35 heavy (non-hydrogen) atoms. The number of rotatable bonds is 5. The van der Waals surface area contributed by atoms with E-state index in [0.29, 0.717) is 37.7 Å². The minimum atomic E-state index is -0.176. The number of fused-ring (bicyclic) bond motifs is 2. The smallest absolute Gasteiger partial charge is 0.253 e. The van der Waals surface area contributed by atoms with E-state index in [-0.39, 0.29) is 18.1 Å². The number of benzene rings is 1. The molecule has 2 aliphatic heterocycles. The van der Waals surface area contributed by atoms with Crippen molar-refractivity contribution >= 4 is 11.6 Å². The summed E-state index contributed by atoms with van der Waals surface area (Å²) >= 11 is 0. The highest BCUT2D eigenvalue weighted by Crippen LogP contribution is 2.34. The van der Waals surface area contributed by atoms with Gasteiger partial charge < -0.3 is 23.9 Å². The number of nitrogens with zero attached hydrogens (tertiary/aromatic N) is 3. The van der Waals surface area contributed by atoms with Crippen LogP contribution in [0, 0.1) is 0 Å². The van der Waals surface area contributed by atoms with Crippen molar-refractivity contribution in [2.24, 2.45) is 0 Å². The average molecular weight is 471 g/mol. The zero-order valence-corrected chi connectivity index (χ0v) is 19.2. The zero-order valence-electron chi connectivity index (χ0n) is 19.2. The van der Waals surface area contributed by atoms with Crippen LogP contribution in [0.25, 0.3) is 16.8 Å². The van der Waals surface area contributed by atoms with Crippen LogP contribution < -0.4 is 14.8 Å². The SMILES string of the molecule is O=C(N[C@@H]1COc2cccc(-c3ccc4nccn4c3)c2C1)c1ccc(OC2CCOCC2)nc1. The Morgan fingerprint density at radius 1 is 1.09 bits per heavy atom. The van der Waals surface area contributed by atoms with E-state index in [0.717, 1.165) is 40.9 Å². The zero-order chi connectivity index (χ0) is 23.6. The number of hydrogen-bond donors (Lipinski definition) is 1. The lowest BCUT2D eigenvalue weighted by Crippen LogP contribution is -2.42. The maximum absolute atomic E-state index is 12.9. The lowest BCUT2D eigenvalue weighted by Gasteiger charge is -2.28. The molecule has 0 radical (unpaired) electrons. The maximum atomic E-state index is 12.9. The summed E-state index contributed by atoms with van der Waals surface area (Å²) in [5.41, 5.74) is 4.65. The highest BCUT2D eigenvalue weighted by Gasteiger charge is 2.25. The third kappa shape index (κ3) is 4.57. The number of aromatic nitrogens is 3. The number of nitrogens with one attached hydrogen (secondary N) is 1. The Balaban J connectivity index is 1.15. The fourth-order valence-electron chi connectivity index (χ4n) is 4.67. The summed E-state index contributed by atoms with van der Waals surface area (Å²) in [5.74, 6) is 1.21. The van der Waals surface area contributed by atoms with Crippen LogP contribution in [-0.2, 0) is 11.2 Å². The predicted octanol–water partition coefficient (Wildman–Crippen LogP) is 3.69. The second kappa shape index (κ2) is 9.38. The minimum absolute atomic E-state index is 0.110. The van der Waals surface area contributed by atoms with Crippen molar-refractivity contribution in [3.05, 3.63) is 78.4 Å². The fourth-order valence-corrected chi connectivity index (χ4v) is 4.67. The van der Waals surface area contributed by atoms with E-state index in [4.69, 9.17) is 14.2 Å². The molecule has 8 nitrogen and oxygen atoms in total. The van der Waals surface area contributed by atoms with Crippen molar-refractivity contribution in [3.8, 4) is 22.8 Å². The van der Waals surface area contributed by atoms with Crippen LogP contribution in [-0.4, -0.2) is 52.2 Å². The van der Waals surface area contributed by atoms with Gasteiger partial charge >= 0.3 is 0 Å². The van der Waals surface area contributed by atoms with E-state index in [2.05, 4.69) is 33.6 Å². The first kappa shape index (κ1) is 21.6. The molecule has 1 fully saturated rings. The van der Waals surface area contributed by atoms with Gasteiger partial charge in [0, 0.05) is 55.7 Å². The largest absolute Gasteiger partial charge is 0.491 e. The molecule has 5 heterocycles. The van der Waals surface area contributed by atoms with Gasteiger partial charge in [-0.25, -0.2) is 9.97 Å². The Morgan fingerprint density at radius 3 is 2.86 bits per heavy atom. The Bertz CT molecular complexity index is 1350. The maximum Gasteiger partial charge on any atom is 0.253 e. The third-order valence-electron chi connectivity index (χ3n) is 6.51. The molecule has 4 aromatic rings. The fraction of sp³-hybridized carbons (Fsp3) is 0.296. The molecule has 3 aromatic heterocycles. The molecule has 1 atom stereocenters. The second-order valence-corrected chi connectivity index (χ2v) is 8.89. The number of ether oxygens (including phenoxy) is 3. The molecule has 178 valence electrons. The van der Waals surface area contributed by atoms with Gasteiger partial charge in [-0.15, -0.1) is 0 Å². The van der Waals surface area contributed by atoms with E-state index < -0.39 is 0 Å². The van der Waals surface area contributed by atoms with Crippen LogP contribution in [0.4, 0.5) is 0 Å². The molecule has 0 saturated carbocycles. The van der Waals surface area contributed by atoms with Gasteiger partial charge in [0.2, 0.25) is 5.88 Å². The second-order valence-electron chi connectivity index (χ2n) is 8.89. The first-order valence-corrected chi connectivity index (χ1v) is 11.9. The Labute approximate surface area is 202 Å². The van der Waals surface area contributed by atoms with Crippen LogP contribution in [0.1, 0.15) is 28.8 Å². The van der Waals surface area contributed by atoms with E-state index in [1.165, 1.54) is 0 Å². The summed E-state index contributed by atoms with van der Waals surface area (Å²) < 4.78 is 19.3. The normalized spacial score (nSPS) is 18.0. The number of carbonyl (C=O) groups excluding carboxylic acids is 1. The number of amides is 1. The van der Waals surface area contributed by atoms with Gasteiger partial charge in [0.25, 0.3) is 5.91 Å². The van der Waals surface area contributed by atoms with Crippen molar-refractivity contribution in [2.75, 3.05) is 19.8 Å². The Kier molecular flexibility index (Phi) is 5.79. The molecule has 1 aromatic carbocycles. The van der Waals surface area contributed by atoms with Crippen molar-refractivity contribution in [1.82, 2.24) is 19.7 Å². The molecule has 2 aliphatic rings. The van der Waals surface area contributed by atoms with Gasteiger partial charge in [-0.2, -0.15) is 0 Å². The quantitative estimate of drug-likeness (QED) is 0.479. The molecule has 8 heteroatoms. The minimum Gasteiger partial charge on any atom is -0.491 e. The molecule has 0 spiro atoms. The number of pyridine rings is 2. The lowest BCUT2D eigenvalue weighted by molar-refractivity contribution is 0.0237. The van der Waals surface area contributed by atoms with Crippen LogP contribution in [0.3, 0.4) is 0 Å². The van der Waals surface area contributed by atoms with Gasteiger partial charge in [0.1, 0.15) is 24.1 Å². The van der Waals surface area contributed by atoms with E-state index in [9.17, 15) is 4.79 Å². The summed E-state index contributed by atoms with van der Waals surface area (Å²) in [7, 11) is 0. The van der Waals surface area contributed by atoms with Crippen LogP contribution in [0.15, 0.2) is 67.3 Å². The topological polar surface area (TPSA) is 87.0 Å². The first-order valence-electron chi connectivity index (χ1n) is 11.9. The van der Waals surface area contributed by atoms with Gasteiger partial charge in [-0.05, 0) is 35.4 Å². The van der Waals surface area contributed by atoms with Crippen molar-refractivity contribution in [2.45, 2.75) is 31.4 Å². The van der Waals surface area contributed by atoms with Crippen LogP contribution in [0.2, 0.25) is 0 Å². The molecule has 6 rings (SSSR count). The average Bonchev–Trinajstić information content (AvgIpc) is 3.37. The predicted molar refractivity (Wildman–Crippen MR) is 130 cm³/mol. The molecule has 0 aliphatic carbocycles. The summed E-state index contributed by atoms with van der Waals surface area (Å²) in [6.07, 6.45) is 9.84. The van der Waals surface area contributed by atoms with Crippen molar-refractivity contribution in [1.29, 1.82) is 0 Å². The van der Waals surface area contributed by atoms with Gasteiger partial charge in [0.15, 0.2) is 0 Å². The van der Waals surface area contributed by atoms with E-state index in [1.54, 1.807) is 24.5 Å². The highest BCUT2D eigenvalue weighted by atomic mass is 16.5. The monoisotopic (exact) mass is 470 g/mol. The summed E-state index contributed by atoms with van der Waals surface area (Å²) in [5, 5.41) is 3.10. The van der Waals surface area contributed by atoms with Crippen LogP contribution >= 0.6 is 0 Å². The van der Waals surface area contributed by atoms with Gasteiger partial charge in [-0.1, -0.05) is 12.1 Å². The molecular formula is C27H26N4O4. The third-order valence-corrected chi connectivity index (χ3v) is 6.51.